The van der Waals surface area contributed by atoms with Gasteiger partial charge in [0, 0.05) is 19.0 Å². The van der Waals surface area contributed by atoms with Gasteiger partial charge in [-0.25, -0.2) is 0 Å². The van der Waals surface area contributed by atoms with Crippen molar-refractivity contribution >= 4 is 5.91 Å². The van der Waals surface area contributed by atoms with Crippen LogP contribution in [0.5, 0.6) is 0 Å². The Morgan fingerprint density at radius 2 is 2.17 bits per heavy atom. The predicted octanol–water partition coefficient (Wildman–Crippen LogP) is 0.626. The molecule has 0 unspecified atom stereocenters. The first-order valence-corrected chi connectivity index (χ1v) is 4.43. The van der Waals surface area contributed by atoms with Crippen molar-refractivity contribution in [2.45, 2.75) is 32.8 Å². The number of hydrogen-bond acceptors (Lipinski definition) is 2. The molecule has 1 saturated heterocycles. The lowest BCUT2D eigenvalue weighted by Gasteiger charge is -2.20. The van der Waals surface area contributed by atoms with Gasteiger partial charge in [0.25, 0.3) is 0 Å². The molecule has 1 aliphatic rings. The Hall–Kier alpha value is -0.570. The maximum absolute atomic E-state index is 11.4. The van der Waals surface area contributed by atoms with E-state index in [4.69, 9.17) is 0 Å². The zero-order valence-corrected chi connectivity index (χ0v) is 8.00. The lowest BCUT2D eigenvalue weighted by Crippen LogP contribution is -2.36. The van der Waals surface area contributed by atoms with Crippen LogP contribution in [0.1, 0.15) is 27.2 Å². The summed E-state index contributed by atoms with van der Waals surface area (Å²) in [6.45, 7) is 6.74. The van der Waals surface area contributed by atoms with Crippen LogP contribution < -0.4 is 0 Å². The lowest BCUT2D eigenvalue weighted by molar-refractivity contribution is -0.134. The Balaban J connectivity index is 2.53. The number of amides is 1. The summed E-state index contributed by atoms with van der Waals surface area (Å²) in [5.41, 5.74) is -0.662. The van der Waals surface area contributed by atoms with Crippen LogP contribution in [-0.2, 0) is 4.79 Å². The second kappa shape index (κ2) is 3.05. The van der Waals surface area contributed by atoms with Crippen molar-refractivity contribution in [2.24, 2.45) is 5.92 Å². The topological polar surface area (TPSA) is 40.5 Å². The van der Waals surface area contributed by atoms with Gasteiger partial charge in [-0.15, -0.1) is 0 Å². The van der Waals surface area contributed by atoms with Gasteiger partial charge in [-0.05, 0) is 13.3 Å². The highest BCUT2D eigenvalue weighted by Crippen LogP contribution is 2.21. The van der Waals surface area contributed by atoms with Gasteiger partial charge >= 0.3 is 0 Å². The number of likely N-dealkylation sites (tertiary alicyclic amines) is 1. The molecule has 70 valence electrons. The molecular formula is C9H17NO2. The number of hydrogen-bond donors (Lipinski definition) is 1. The van der Waals surface area contributed by atoms with Gasteiger partial charge in [-0.1, -0.05) is 13.8 Å². The van der Waals surface area contributed by atoms with Gasteiger partial charge in [-0.2, -0.15) is 0 Å². The molecule has 12 heavy (non-hydrogen) atoms. The summed E-state index contributed by atoms with van der Waals surface area (Å²) in [5.74, 6) is 0.187. The minimum atomic E-state index is -0.662. The molecule has 0 saturated carbocycles. The maximum atomic E-state index is 11.4. The first kappa shape index (κ1) is 9.52. The number of β-amino-alcohol motifs (C(OH)–C–C–N with tert-alkyl or cyclic N) is 1. The molecule has 3 nitrogen and oxygen atoms in total. The summed E-state index contributed by atoms with van der Waals surface area (Å²) >= 11 is 0. The summed E-state index contributed by atoms with van der Waals surface area (Å²) in [4.78, 5) is 13.2. The molecule has 1 aliphatic heterocycles. The Labute approximate surface area is 73.4 Å². The maximum Gasteiger partial charge on any atom is 0.225 e. The smallest absolute Gasteiger partial charge is 0.225 e. The fraction of sp³-hybridized carbons (Fsp3) is 0.889. The predicted molar refractivity (Wildman–Crippen MR) is 46.7 cm³/mol. The second-order valence-corrected chi connectivity index (χ2v) is 4.16. The monoisotopic (exact) mass is 171 g/mol. The minimum absolute atomic E-state index is 0.0406. The Bertz CT molecular complexity index is 187. The minimum Gasteiger partial charge on any atom is -0.388 e. The van der Waals surface area contributed by atoms with Gasteiger partial charge in [0.15, 0.2) is 0 Å². The number of carbonyl (C=O) groups excluding carboxylic acids is 1. The standard InChI is InChI=1S/C9H17NO2/c1-7(2)8(11)10-5-4-9(3,12)6-10/h7,12H,4-6H2,1-3H3/t9-/m1/s1. The van der Waals surface area contributed by atoms with E-state index in [1.54, 1.807) is 11.8 Å². The number of aliphatic hydroxyl groups is 1. The van der Waals surface area contributed by atoms with E-state index in [1.165, 1.54) is 0 Å². The average Bonchev–Trinajstić information content (AvgIpc) is 2.28. The van der Waals surface area contributed by atoms with Gasteiger partial charge in [0.05, 0.1) is 5.60 Å². The van der Waals surface area contributed by atoms with E-state index >= 15 is 0 Å². The van der Waals surface area contributed by atoms with Crippen LogP contribution in [0.2, 0.25) is 0 Å². The SMILES string of the molecule is CC(C)C(=O)N1CC[C@@](C)(O)C1. The molecule has 0 spiro atoms. The second-order valence-electron chi connectivity index (χ2n) is 4.16. The molecule has 1 fully saturated rings. The van der Waals surface area contributed by atoms with Crippen molar-refractivity contribution in [1.82, 2.24) is 4.90 Å². The Kier molecular flexibility index (Phi) is 2.42. The molecule has 1 N–H and O–H groups in total. The normalized spacial score (nSPS) is 29.9. The summed E-state index contributed by atoms with van der Waals surface area (Å²) in [7, 11) is 0. The Morgan fingerprint density at radius 3 is 2.50 bits per heavy atom. The van der Waals surface area contributed by atoms with Crippen molar-refractivity contribution < 1.29 is 9.90 Å². The van der Waals surface area contributed by atoms with Gasteiger partial charge in [0.1, 0.15) is 0 Å². The van der Waals surface area contributed by atoms with Crippen LogP contribution in [0, 0.1) is 5.92 Å². The fourth-order valence-corrected chi connectivity index (χ4v) is 1.50. The van der Waals surface area contributed by atoms with E-state index in [9.17, 15) is 9.90 Å². The number of rotatable bonds is 1. The van der Waals surface area contributed by atoms with Gasteiger partial charge in [0.2, 0.25) is 5.91 Å². The average molecular weight is 171 g/mol. The van der Waals surface area contributed by atoms with E-state index in [1.807, 2.05) is 13.8 Å². The first-order chi connectivity index (χ1) is 5.42. The van der Waals surface area contributed by atoms with E-state index in [0.717, 1.165) is 0 Å². The number of nitrogens with zero attached hydrogens (tertiary/aromatic N) is 1. The van der Waals surface area contributed by atoms with Gasteiger partial charge in [-0.3, -0.25) is 4.79 Å². The summed E-state index contributed by atoms with van der Waals surface area (Å²) < 4.78 is 0. The molecule has 0 aliphatic carbocycles. The van der Waals surface area contributed by atoms with Crippen LogP contribution in [0.15, 0.2) is 0 Å². The zero-order valence-electron chi connectivity index (χ0n) is 8.00. The molecular weight excluding hydrogens is 154 g/mol. The highest BCUT2D eigenvalue weighted by molar-refractivity contribution is 5.78. The fourth-order valence-electron chi connectivity index (χ4n) is 1.50. The molecule has 1 heterocycles. The van der Waals surface area contributed by atoms with E-state index in [2.05, 4.69) is 0 Å². The molecule has 0 radical (unpaired) electrons. The van der Waals surface area contributed by atoms with Crippen molar-refractivity contribution in [3.8, 4) is 0 Å². The summed E-state index contributed by atoms with van der Waals surface area (Å²) in [6, 6.07) is 0. The largest absolute Gasteiger partial charge is 0.388 e. The van der Waals surface area contributed by atoms with Gasteiger partial charge < -0.3 is 10.0 Å². The van der Waals surface area contributed by atoms with Crippen LogP contribution in [0.25, 0.3) is 0 Å². The van der Waals surface area contributed by atoms with E-state index in [-0.39, 0.29) is 11.8 Å². The van der Waals surface area contributed by atoms with E-state index < -0.39 is 5.60 Å². The summed E-state index contributed by atoms with van der Waals surface area (Å²) in [5, 5.41) is 9.60. The molecule has 0 bridgehead atoms. The van der Waals surface area contributed by atoms with E-state index in [0.29, 0.717) is 19.5 Å². The highest BCUT2D eigenvalue weighted by Gasteiger charge is 2.34. The zero-order chi connectivity index (χ0) is 9.35. The van der Waals surface area contributed by atoms with Crippen molar-refractivity contribution in [1.29, 1.82) is 0 Å². The molecule has 1 rings (SSSR count). The van der Waals surface area contributed by atoms with Crippen molar-refractivity contribution in [2.75, 3.05) is 13.1 Å². The third-order valence-electron chi connectivity index (χ3n) is 2.26. The van der Waals surface area contributed by atoms with Crippen LogP contribution in [0.3, 0.4) is 0 Å². The highest BCUT2D eigenvalue weighted by atomic mass is 16.3. The van der Waals surface area contributed by atoms with Crippen molar-refractivity contribution in [3.63, 3.8) is 0 Å². The molecule has 0 aromatic carbocycles. The first-order valence-electron chi connectivity index (χ1n) is 4.43. The van der Waals surface area contributed by atoms with Crippen LogP contribution in [0.4, 0.5) is 0 Å². The van der Waals surface area contributed by atoms with Crippen molar-refractivity contribution in [3.05, 3.63) is 0 Å². The molecule has 3 heteroatoms. The number of carbonyl (C=O) groups is 1. The molecule has 0 aromatic rings. The third kappa shape index (κ3) is 1.97. The van der Waals surface area contributed by atoms with Crippen LogP contribution >= 0.6 is 0 Å². The molecule has 1 amide bonds. The molecule has 0 aromatic heterocycles. The van der Waals surface area contributed by atoms with Crippen LogP contribution in [-0.4, -0.2) is 34.6 Å². The lowest BCUT2D eigenvalue weighted by atomic mass is 10.1. The summed E-state index contributed by atoms with van der Waals surface area (Å²) in [6.07, 6.45) is 0.700. The molecule has 1 atom stereocenters. The Morgan fingerprint density at radius 1 is 1.58 bits per heavy atom. The quantitative estimate of drug-likeness (QED) is 0.628. The third-order valence-corrected chi connectivity index (χ3v) is 2.26.